The summed E-state index contributed by atoms with van der Waals surface area (Å²) in [5, 5.41) is 15.9. The number of hydrogen-bond donors (Lipinski definition) is 2. The van der Waals surface area contributed by atoms with Gasteiger partial charge in [0.1, 0.15) is 6.61 Å². The van der Waals surface area contributed by atoms with Crippen LogP contribution in [0.15, 0.2) is 42.7 Å². The van der Waals surface area contributed by atoms with E-state index in [1.54, 1.807) is 24.1 Å². The molecule has 20 heavy (non-hydrogen) atoms. The second-order valence-corrected chi connectivity index (χ2v) is 4.39. The molecule has 6 nitrogen and oxygen atoms in total. The quantitative estimate of drug-likeness (QED) is 0.864. The van der Waals surface area contributed by atoms with Gasteiger partial charge >= 0.3 is 6.09 Å². The Balaban J connectivity index is 1.86. The molecule has 0 radical (unpaired) electrons. The van der Waals surface area contributed by atoms with Crippen LogP contribution in [0.4, 0.5) is 4.79 Å². The maximum atomic E-state index is 11.7. The van der Waals surface area contributed by atoms with Crippen LogP contribution in [0.3, 0.4) is 0 Å². The summed E-state index contributed by atoms with van der Waals surface area (Å²) in [4.78, 5) is 11.7. The Morgan fingerprint density at radius 1 is 1.45 bits per heavy atom. The molecule has 0 saturated carbocycles. The predicted molar refractivity (Wildman–Crippen MR) is 72.8 cm³/mol. The maximum Gasteiger partial charge on any atom is 0.408 e. The zero-order valence-electron chi connectivity index (χ0n) is 11.2. The molecular weight excluding hydrogens is 258 g/mol. The molecule has 2 rings (SSSR count). The van der Waals surface area contributed by atoms with E-state index in [1.165, 1.54) is 0 Å². The van der Waals surface area contributed by atoms with Gasteiger partial charge in [-0.15, -0.1) is 0 Å². The monoisotopic (exact) mass is 275 g/mol. The minimum Gasteiger partial charge on any atom is -0.445 e. The number of amides is 1. The van der Waals surface area contributed by atoms with Gasteiger partial charge in [-0.1, -0.05) is 30.3 Å². The number of hydrogen-bond acceptors (Lipinski definition) is 4. The summed E-state index contributed by atoms with van der Waals surface area (Å²) < 4.78 is 6.71. The van der Waals surface area contributed by atoms with E-state index in [0.29, 0.717) is 0 Å². The molecule has 0 aliphatic rings. The van der Waals surface area contributed by atoms with Crippen molar-refractivity contribution in [2.75, 3.05) is 6.61 Å². The number of aromatic nitrogens is 2. The summed E-state index contributed by atoms with van der Waals surface area (Å²) in [5.41, 5.74) is 1.64. The van der Waals surface area contributed by atoms with Crippen molar-refractivity contribution >= 4 is 6.09 Å². The third-order valence-electron chi connectivity index (χ3n) is 2.81. The lowest BCUT2D eigenvalue weighted by molar-refractivity contribution is 0.129. The summed E-state index contributed by atoms with van der Waals surface area (Å²) in [6, 6.07) is 8.88. The van der Waals surface area contributed by atoms with E-state index in [2.05, 4.69) is 10.4 Å². The highest BCUT2D eigenvalue weighted by atomic mass is 16.5. The number of rotatable bonds is 5. The summed E-state index contributed by atoms with van der Waals surface area (Å²) >= 11 is 0. The van der Waals surface area contributed by atoms with Crippen LogP contribution in [-0.2, 0) is 18.4 Å². The number of aryl methyl sites for hydroxylation is 1. The van der Waals surface area contributed by atoms with E-state index in [1.807, 2.05) is 30.3 Å². The van der Waals surface area contributed by atoms with E-state index in [9.17, 15) is 9.90 Å². The van der Waals surface area contributed by atoms with Crippen LogP contribution in [0, 0.1) is 0 Å². The lowest BCUT2D eigenvalue weighted by Crippen LogP contribution is -2.31. The van der Waals surface area contributed by atoms with Gasteiger partial charge in [-0.3, -0.25) is 4.68 Å². The van der Waals surface area contributed by atoms with Gasteiger partial charge in [-0.2, -0.15) is 5.10 Å². The molecule has 1 heterocycles. The largest absolute Gasteiger partial charge is 0.445 e. The standard InChI is InChI=1S/C14H17N3O3/c1-17-8-12(7-15-17)13(9-18)16-14(19)20-10-11-5-3-2-4-6-11/h2-8,13,18H,9-10H2,1H3,(H,16,19). The molecule has 0 aliphatic carbocycles. The third kappa shape index (κ3) is 3.83. The number of ether oxygens (including phenoxy) is 1. The van der Waals surface area contributed by atoms with Crippen LogP contribution in [0.5, 0.6) is 0 Å². The van der Waals surface area contributed by atoms with Gasteiger partial charge < -0.3 is 15.2 Å². The maximum absolute atomic E-state index is 11.7. The van der Waals surface area contributed by atoms with Crippen LogP contribution in [0.2, 0.25) is 0 Å². The normalized spacial score (nSPS) is 11.9. The number of aliphatic hydroxyl groups is 1. The van der Waals surface area contributed by atoms with Crippen molar-refractivity contribution in [2.45, 2.75) is 12.6 Å². The molecule has 2 N–H and O–H groups in total. The lowest BCUT2D eigenvalue weighted by atomic mass is 10.2. The fourth-order valence-corrected chi connectivity index (χ4v) is 1.76. The molecule has 0 fully saturated rings. The van der Waals surface area contributed by atoms with Crippen LogP contribution in [-0.4, -0.2) is 27.6 Å². The third-order valence-corrected chi connectivity index (χ3v) is 2.81. The van der Waals surface area contributed by atoms with E-state index in [4.69, 9.17) is 4.74 Å². The Kier molecular flexibility index (Phi) is 4.73. The Labute approximate surface area is 117 Å². The first kappa shape index (κ1) is 14.1. The molecule has 106 valence electrons. The molecule has 0 bridgehead atoms. The first-order valence-electron chi connectivity index (χ1n) is 6.25. The first-order chi connectivity index (χ1) is 9.69. The molecule has 1 aromatic heterocycles. The van der Waals surface area contributed by atoms with Gasteiger partial charge in [0, 0.05) is 18.8 Å². The molecular formula is C14H17N3O3. The topological polar surface area (TPSA) is 76.4 Å². The Morgan fingerprint density at radius 2 is 2.20 bits per heavy atom. The highest BCUT2D eigenvalue weighted by molar-refractivity contribution is 5.67. The molecule has 0 aliphatic heterocycles. The van der Waals surface area contributed by atoms with Crippen molar-refractivity contribution in [2.24, 2.45) is 7.05 Å². The van der Waals surface area contributed by atoms with Crippen molar-refractivity contribution in [3.8, 4) is 0 Å². The van der Waals surface area contributed by atoms with Crippen molar-refractivity contribution in [3.63, 3.8) is 0 Å². The molecule has 1 unspecified atom stereocenters. The predicted octanol–water partition coefficient (Wildman–Crippen LogP) is 1.38. The van der Waals surface area contributed by atoms with Crippen LogP contribution in [0.1, 0.15) is 17.2 Å². The number of carbonyl (C=O) groups is 1. The minimum absolute atomic E-state index is 0.192. The Bertz CT molecular complexity index is 554. The van der Waals surface area contributed by atoms with Gasteiger partial charge in [0.05, 0.1) is 18.8 Å². The highest BCUT2D eigenvalue weighted by Crippen LogP contribution is 2.11. The van der Waals surface area contributed by atoms with E-state index >= 15 is 0 Å². The number of alkyl carbamates (subject to hydrolysis) is 1. The smallest absolute Gasteiger partial charge is 0.408 e. The molecule has 1 aromatic carbocycles. The fourth-order valence-electron chi connectivity index (χ4n) is 1.76. The second kappa shape index (κ2) is 6.72. The number of benzene rings is 1. The van der Waals surface area contributed by atoms with Crippen molar-refractivity contribution in [1.82, 2.24) is 15.1 Å². The van der Waals surface area contributed by atoms with Gasteiger partial charge in [0.2, 0.25) is 0 Å². The van der Waals surface area contributed by atoms with Gasteiger partial charge in [-0.05, 0) is 5.56 Å². The average Bonchev–Trinajstić information content (AvgIpc) is 2.90. The lowest BCUT2D eigenvalue weighted by Gasteiger charge is -2.14. The van der Waals surface area contributed by atoms with Crippen LogP contribution in [0.25, 0.3) is 0 Å². The van der Waals surface area contributed by atoms with Gasteiger partial charge in [-0.25, -0.2) is 4.79 Å². The molecule has 2 aromatic rings. The van der Waals surface area contributed by atoms with Crippen LogP contribution < -0.4 is 5.32 Å². The highest BCUT2D eigenvalue weighted by Gasteiger charge is 2.15. The number of nitrogens with one attached hydrogen (secondary N) is 1. The fraction of sp³-hybridized carbons (Fsp3) is 0.286. The summed E-state index contributed by atoms with van der Waals surface area (Å²) in [5.74, 6) is 0. The van der Waals surface area contributed by atoms with Gasteiger partial charge in [0.25, 0.3) is 0 Å². The zero-order chi connectivity index (χ0) is 14.4. The van der Waals surface area contributed by atoms with Crippen molar-refractivity contribution < 1.29 is 14.6 Å². The van der Waals surface area contributed by atoms with E-state index < -0.39 is 12.1 Å². The minimum atomic E-state index is -0.572. The molecule has 6 heteroatoms. The molecule has 1 amide bonds. The number of carbonyl (C=O) groups excluding carboxylic acids is 1. The Morgan fingerprint density at radius 3 is 2.80 bits per heavy atom. The SMILES string of the molecule is Cn1cc(C(CO)NC(=O)OCc2ccccc2)cn1. The first-order valence-corrected chi connectivity index (χ1v) is 6.25. The van der Waals surface area contributed by atoms with E-state index in [0.717, 1.165) is 11.1 Å². The second-order valence-electron chi connectivity index (χ2n) is 4.39. The molecule has 0 saturated heterocycles. The van der Waals surface area contributed by atoms with E-state index in [-0.39, 0.29) is 13.2 Å². The number of aliphatic hydroxyl groups excluding tert-OH is 1. The summed E-state index contributed by atoms with van der Waals surface area (Å²) in [6.45, 7) is -0.0238. The summed E-state index contributed by atoms with van der Waals surface area (Å²) in [7, 11) is 1.77. The average molecular weight is 275 g/mol. The summed E-state index contributed by atoms with van der Waals surface area (Å²) in [6.07, 6.45) is 2.76. The molecule has 0 spiro atoms. The van der Waals surface area contributed by atoms with Gasteiger partial charge in [0.15, 0.2) is 0 Å². The van der Waals surface area contributed by atoms with Crippen molar-refractivity contribution in [1.29, 1.82) is 0 Å². The Hall–Kier alpha value is -2.34. The zero-order valence-corrected chi connectivity index (χ0v) is 11.2. The molecule has 1 atom stereocenters. The van der Waals surface area contributed by atoms with Crippen LogP contribution >= 0.6 is 0 Å². The number of nitrogens with zero attached hydrogens (tertiary/aromatic N) is 2. The van der Waals surface area contributed by atoms with Crippen molar-refractivity contribution in [3.05, 3.63) is 53.9 Å².